The molecule has 1 aromatic heterocycles. The highest BCUT2D eigenvalue weighted by Crippen LogP contribution is 2.35. The number of nitrogens with two attached hydrogens (primary N) is 1. The van der Waals surface area contributed by atoms with E-state index in [1.807, 2.05) is 0 Å². The fraction of sp³-hybridized carbons (Fsp3) is 0.667. The van der Waals surface area contributed by atoms with Gasteiger partial charge in [-0.1, -0.05) is 27.7 Å². The van der Waals surface area contributed by atoms with E-state index < -0.39 is 0 Å². The predicted octanol–water partition coefficient (Wildman–Crippen LogP) is 3.12. The minimum absolute atomic E-state index is 0.140. The molecule has 0 aromatic carbocycles. The quantitative estimate of drug-likeness (QED) is 0.825. The van der Waals surface area contributed by atoms with Crippen molar-refractivity contribution in [3.63, 3.8) is 0 Å². The average Bonchev–Trinajstić information content (AvgIpc) is 2.44. The fourth-order valence-corrected chi connectivity index (χ4v) is 3.10. The van der Waals surface area contributed by atoms with Gasteiger partial charge in [0.15, 0.2) is 0 Å². The van der Waals surface area contributed by atoms with Crippen LogP contribution in [-0.2, 0) is 0 Å². The molecule has 0 saturated heterocycles. The molecule has 0 spiro atoms. The van der Waals surface area contributed by atoms with Crippen LogP contribution in [0.25, 0.3) is 0 Å². The molecule has 0 aliphatic rings. The number of pyridine rings is 1. The van der Waals surface area contributed by atoms with Crippen molar-refractivity contribution in [3.8, 4) is 0 Å². The summed E-state index contributed by atoms with van der Waals surface area (Å²) < 4.78 is 13.4. The Bertz CT molecular complexity index is 387. The first kappa shape index (κ1) is 16.1. The van der Waals surface area contributed by atoms with Gasteiger partial charge >= 0.3 is 0 Å². The lowest BCUT2D eigenvalue weighted by atomic mass is 9.80. The second-order valence-electron chi connectivity index (χ2n) is 4.90. The molecular weight excluding hydrogens is 241 g/mol. The van der Waals surface area contributed by atoms with Crippen LogP contribution in [0.3, 0.4) is 0 Å². The highest BCUT2D eigenvalue weighted by atomic mass is 19.1. The summed E-state index contributed by atoms with van der Waals surface area (Å²) >= 11 is 0. The largest absolute Gasteiger partial charge is 0.322 e. The second-order valence-corrected chi connectivity index (χ2v) is 4.90. The number of nitrogens with zero attached hydrogens (tertiary/aromatic N) is 2. The molecule has 4 heteroatoms. The Morgan fingerprint density at radius 3 is 2.21 bits per heavy atom. The summed E-state index contributed by atoms with van der Waals surface area (Å²) in [5, 5.41) is 0. The molecule has 0 bridgehead atoms. The summed E-state index contributed by atoms with van der Waals surface area (Å²) in [5.74, 6) is -0.325. The van der Waals surface area contributed by atoms with Crippen molar-refractivity contribution in [2.75, 3.05) is 13.1 Å². The monoisotopic (exact) mass is 267 g/mol. The van der Waals surface area contributed by atoms with Crippen molar-refractivity contribution in [1.29, 1.82) is 0 Å². The van der Waals surface area contributed by atoms with Crippen molar-refractivity contribution in [2.45, 2.75) is 52.1 Å². The number of halogens is 1. The predicted molar refractivity (Wildman–Crippen MR) is 77.4 cm³/mol. The third-order valence-electron chi connectivity index (χ3n) is 4.28. The zero-order valence-electron chi connectivity index (χ0n) is 12.5. The van der Waals surface area contributed by atoms with E-state index in [-0.39, 0.29) is 17.4 Å². The van der Waals surface area contributed by atoms with Gasteiger partial charge < -0.3 is 5.73 Å². The summed E-state index contributed by atoms with van der Waals surface area (Å²) in [6.45, 7) is 10.5. The number of rotatable bonds is 7. The van der Waals surface area contributed by atoms with Gasteiger partial charge in [0.25, 0.3) is 0 Å². The van der Waals surface area contributed by atoms with Gasteiger partial charge in [-0.3, -0.25) is 9.88 Å². The Morgan fingerprint density at radius 2 is 1.79 bits per heavy atom. The first-order valence-corrected chi connectivity index (χ1v) is 7.16. The highest BCUT2D eigenvalue weighted by molar-refractivity contribution is 5.20. The molecule has 19 heavy (non-hydrogen) atoms. The first-order valence-electron chi connectivity index (χ1n) is 7.16. The van der Waals surface area contributed by atoms with Crippen LogP contribution in [0.5, 0.6) is 0 Å². The number of likely N-dealkylation sites (N-methyl/N-ethyl adjacent to an activating group) is 1. The summed E-state index contributed by atoms with van der Waals surface area (Å²) in [4.78, 5) is 6.30. The molecule has 0 radical (unpaired) electrons. The van der Waals surface area contributed by atoms with E-state index in [9.17, 15) is 4.39 Å². The van der Waals surface area contributed by atoms with Crippen molar-refractivity contribution in [3.05, 3.63) is 29.8 Å². The molecule has 1 heterocycles. The second kappa shape index (κ2) is 6.96. The van der Waals surface area contributed by atoms with Gasteiger partial charge in [0.2, 0.25) is 0 Å². The zero-order valence-corrected chi connectivity index (χ0v) is 12.5. The molecule has 1 atom stereocenters. The molecule has 0 aliphatic heterocycles. The van der Waals surface area contributed by atoms with Gasteiger partial charge in [-0.2, -0.15) is 0 Å². The summed E-state index contributed by atoms with van der Waals surface area (Å²) in [6.07, 6.45) is 4.76. The van der Waals surface area contributed by atoms with Crippen LogP contribution in [0.15, 0.2) is 18.5 Å². The van der Waals surface area contributed by atoms with Crippen LogP contribution in [-0.4, -0.2) is 28.5 Å². The van der Waals surface area contributed by atoms with Gasteiger partial charge in [0.1, 0.15) is 5.82 Å². The number of hydrogen-bond acceptors (Lipinski definition) is 3. The van der Waals surface area contributed by atoms with Gasteiger partial charge in [0.05, 0.1) is 6.20 Å². The van der Waals surface area contributed by atoms with Crippen molar-refractivity contribution < 1.29 is 4.39 Å². The molecule has 1 rings (SSSR count). The summed E-state index contributed by atoms with van der Waals surface area (Å²) in [6, 6.07) is 1.27. The van der Waals surface area contributed by atoms with E-state index in [1.54, 1.807) is 6.20 Å². The molecule has 108 valence electrons. The van der Waals surface area contributed by atoms with Crippen LogP contribution in [0.2, 0.25) is 0 Å². The van der Waals surface area contributed by atoms with Gasteiger partial charge in [-0.15, -0.1) is 0 Å². The lowest BCUT2D eigenvalue weighted by Crippen LogP contribution is -2.54. The van der Waals surface area contributed by atoms with Gasteiger partial charge in [-0.05, 0) is 37.6 Å². The highest BCUT2D eigenvalue weighted by Gasteiger charge is 2.38. The van der Waals surface area contributed by atoms with Crippen molar-refractivity contribution >= 4 is 0 Å². The Morgan fingerprint density at radius 1 is 1.21 bits per heavy atom. The number of aromatic nitrogens is 1. The lowest BCUT2D eigenvalue weighted by molar-refractivity contribution is 0.0623. The van der Waals surface area contributed by atoms with Crippen molar-refractivity contribution in [2.24, 2.45) is 5.73 Å². The smallest absolute Gasteiger partial charge is 0.141 e. The molecule has 1 unspecified atom stereocenters. The minimum atomic E-state index is -0.325. The van der Waals surface area contributed by atoms with Crippen LogP contribution in [0.4, 0.5) is 4.39 Å². The topological polar surface area (TPSA) is 42.1 Å². The third kappa shape index (κ3) is 3.12. The van der Waals surface area contributed by atoms with E-state index in [4.69, 9.17) is 5.73 Å². The van der Waals surface area contributed by atoms with E-state index in [2.05, 4.69) is 37.6 Å². The fourth-order valence-electron chi connectivity index (χ4n) is 3.10. The molecule has 0 aliphatic carbocycles. The van der Waals surface area contributed by atoms with Crippen LogP contribution in [0.1, 0.15) is 52.1 Å². The molecule has 2 N–H and O–H groups in total. The van der Waals surface area contributed by atoms with Crippen molar-refractivity contribution in [1.82, 2.24) is 9.88 Å². The summed E-state index contributed by atoms with van der Waals surface area (Å²) in [7, 11) is 0. The zero-order chi connectivity index (χ0) is 14.5. The Labute approximate surface area is 116 Å². The Balaban J connectivity index is 3.17. The Kier molecular flexibility index (Phi) is 5.88. The van der Waals surface area contributed by atoms with Gasteiger partial charge in [0, 0.05) is 17.8 Å². The summed E-state index contributed by atoms with van der Waals surface area (Å²) in [5.41, 5.74) is 7.10. The maximum Gasteiger partial charge on any atom is 0.141 e. The van der Waals surface area contributed by atoms with E-state index in [0.717, 1.165) is 31.5 Å². The molecule has 3 nitrogen and oxygen atoms in total. The minimum Gasteiger partial charge on any atom is -0.322 e. The molecular formula is C15H26FN3. The number of hydrogen-bond donors (Lipinski definition) is 1. The lowest BCUT2D eigenvalue weighted by Gasteiger charge is -2.46. The standard InChI is InChI=1S/C15H26FN3/c1-5-15(6-2,19(7-3)8-4)14(17)12-9-13(16)11-18-10-12/h9-11,14H,5-8,17H2,1-4H3. The Hall–Kier alpha value is -1.00. The average molecular weight is 267 g/mol. The van der Waals surface area contributed by atoms with Crippen LogP contribution < -0.4 is 5.73 Å². The molecule has 1 aromatic rings. The third-order valence-corrected chi connectivity index (χ3v) is 4.28. The van der Waals surface area contributed by atoms with E-state index in [1.165, 1.54) is 12.3 Å². The van der Waals surface area contributed by atoms with E-state index in [0.29, 0.717) is 0 Å². The first-order chi connectivity index (χ1) is 9.05. The van der Waals surface area contributed by atoms with Crippen LogP contribution in [0, 0.1) is 5.82 Å². The van der Waals surface area contributed by atoms with Gasteiger partial charge in [-0.25, -0.2) is 4.39 Å². The van der Waals surface area contributed by atoms with Crippen LogP contribution >= 0.6 is 0 Å². The van der Waals surface area contributed by atoms with E-state index >= 15 is 0 Å². The molecule has 0 amide bonds. The molecule has 0 saturated carbocycles. The molecule has 0 fully saturated rings. The maximum absolute atomic E-state index is 13.4. The maximum atomic E-state index is 13.4. The SMILES string of the molecule is CCN(CC)C(CC)(CC)C(N)c1cncc(F)c1. The normalized spacial score (nSPS) is 13.8.